The van der Waals surface area contributed by atoms with Gasteiger partial charge in [0.2, 0.25) is 0 Å². The first-order chi connectivity index (χ1) is 10.8. The van der Waals surface area contributed by atoms with Crippen LogP contribution in [0, 0.1) is 0 Å². The molecule has 0 aliphatic rings. The highest BCUT2D eigenvalue weighted by atomic mass is 35.5. The fraction of sp³-hybridized carbons (Fsp3) is 0.235. The molecule has 2 N–H and O–H groups in total. The molecule has 1 atom stereocenters. The molecule has 0 bridgehead atoms. The number of aromatic nitrogens is 2. The molecule has 114 valence electrons. The minimum absolute atomic E-state index is 0.226. The number of aliphatic hydroxyl groups is 1. The van der Waals surface area contributed by atoms with E-state index in [2.05, 4.69) is 22.5 Å². The summed E-state index contributed by atoms with van der Waals surface area (Å²) in [6.45, 7) is 1.19. The minimum Gasteiger partial charge on any atom is -0.390 e. The van der Waals surface area contributed by atoms with E-state index in [1.807, 2.05) is 47.3 Å². The minimum atomic E-state index is -0.543. The largest absolute Gasteiger partial charge is 0.390 e. The number of nitrogens with zero attached hydrogens (tertiary/aromatic N) is 2. The highest BCUT2D eigenvalue weighted by molar-refractivity contribution is 6.18. The molecule has 0 amide bonds. The summed E-state index contributed by atoms with van der Waals surface area (Å²) in [5.41, 5.74) is 3.27. The van der Waals surface area contributed by atoms with Crippen LogP contribution in [0.5, 0.6) is 0 Å². The van der Waals surface area contributed by atoms with Crippen LogP contribution in [0.15, 0.2) is 54.7 Å². The third-order valence-electron chi connectivity index (χ3n) is 3.54. The van der Waals surface area contributed by atoms with Gasteiger partial charge in [0.15, 0.2) is 0 Å². The Labute approximate surface area is 134 Å². The second-order valence-electron chi connectivity index (χ2n) is 5.25. The van der Waals surface area contributed by atoms with Crippen LogP contribution in [0.1, 0.15) is 5.56 Å². The normalized spacial score (nSPS) is 12.5. The van der Waals surface area contributed by atoms with Crippen LogP contribution < -0.4 is 5.32 Å². The SMILES string of the molecule is OC(CCl)CNc1ccc2c(cnn2Cc2ccccc2)c1. The van der Waals surface area contributed by atoms with E-state index in [9.17, 15) is 5.11 Å². The molecule has 0 saturated carbocycles. The lowest BCUT2D eigenvalue weighted by molar-refractivity contribution is 0.211. The summed E-state index contributed by atoms with van der Waals surface area (Å²) >= 11 is 5.59. The van der Waals surface area contributed by atoms with E-state index in [0.717, 1.165) is 23.1 Å². The van der Waals surface area contributed by atoms with Gasteiger partial charge in [0, 0.05) is 17.6 Å². The van der Waals surface area contributed by atoms with Crippen molar-refractivity contribution in [2.24, 2.45) is 0 Å². The molecule has 0 aliphatic heterocycles. The Balaban J connectivity index is 1.77. The zero-order chi connectivity index (χ0) is 15.4. The van der Waals surface area contributed by atoms with Gasteiger partial charge in [-0.25, -0.2) is 0 Å². The first-order valence-electron chi connectivity index (χ1n) is 7.23. The van der Waals surface area contributed by atoms with Gasteiger partial charge in [0.1, 0.15) is 0 Å². The second kappa shape index (κ2) is 6.81. The average molecular weight is 316 g/mol. The Hall–Kier alpha value is -2.04. The van der Waals surface area contributed by atoms with Crippen LogP contribution >= 0.6 is 11.6 Å². The van der Waals surface area contributed by atoms with Gasteiger partial charge >= 0.3 is 0 Å². The predicted octanol–water partition coefficient (Wildman–Crippen LogP) is 3.10. The molecule has 1 unspecified atom stereocenters. The molecule has 2 aromatic carbocycles. The molecule has 3 aromatic rings. The average Bonchev–Trinajstić information content (AvgIpc) is 2.96. The molecule has 5 heteroatoms. The van der Waals surface area contributed by atoms with Crippen molar-refractivity contribution in [3.63, 3.8) is 0 Å². The molecule has 0 aliphatic carbocycles. The van der Waals surface area contributed by atoms with Crippen molar-refractivity contribution in [3.05, 3.63) is 60.3 Å². The van der Waals surface area contributed by atoms with Crippen molar-refractivity contribution >= 4 is 28.2 Å². The lowest BCUT2D eigenvalue weighted by Gasteiger charge is -2.10. The van der Waals surface area contributed by atoms with Gasteiger partial charge in [-0.1, -0.05) is 30.3 Å². The summed E-state index contributed by atoms with van der Waals surface area (Å²) in [7, 11) is 0. The van der Waals surface area contributed by atoms with Crippen molar-refractivity contribution in [1.82, 2.24) is 9.78 Å². The van der Waals surface area contributed by atoms with Crippen LogP contribution in [0.3, 0.4) is 0 Å². The summed E-state index contributed by atoms with van der Waals surface area (Å²) in [4.78, 5) is 0. The fourth-order valence-electron chi connectivity index (χ4n) is 2.37. The second-order valence-corrected chi connectivity index (χ2v) is 5.56. The summed E-state index contributed by atoms with van der Waals surface area (Å²) in [5.74, 6) is 0.226. The van der Waals surface area contributed by atoms with E-state index >= 15 is 0 Å². The van der Waals surface area contributed by atoms with E-state index in [0.29, 0.717) is 6.54 Å². The third kappa shape index (κ3) is 3.40. The van der Waals surface area contributed by atoms with Crippen LogP contribution in [-0.4, -0.2) is 33.4 Å². The van der Waals surface area contributed by atoms with Crippen molar-refractivity contribution in [3.8, 4) is 0 Å². The standard InChI is InChI=1S/C17H18ClN3O/c18-9-16(22)11-19-15-6-7-17-14(8-15)10-20-21(17)12-13-4-2-1-3-5-13/h1-8,10,16,19,22H,9,11-12H2. The summed E-state index contributed by atoms with van der Waals surface area (Å²) < 4.78 is 1.99. The van der Waals surface area contributed by atoms with Gasteiger partial charge in [-0.05, 0) is 23.8 Å². The third-order valence-corrected chi connectivity index (χ3v) is 3.89. The van der Waals surface area contributed by atoms with Gasteiger partial charge in [0.25, 0.3) is 0 Å². The van der Waals surface area contributed by atoms with Crippen molar-refractivity contribution in [1.29, 1.82) is 0 Å². The van der Waals surface area contributed by atoms with E-state index < -0.39 is 6.10 Å². The van der Waals surface area contributed by atoms with Gasteiger partial charge in [-0.3, -0.25) is 4.68 Å². The van der Waals surface area contributed by atoms with E-state index in [1.54, 1.807) is 0 Å². The van der Waals surface area contributed by atoms with Gasteiger partial charge in [-0.15, -0.1) is 11.6 Å². The van der Waals surface area contributed by atoms with E-state index in [-0.39, 0.29) is 5.88 Å². The molecule has 3 rings (SSSR count). The van der Waals surface area contributed by atoms with Crippen LogP contribution in [-0.2, 0) is 6.54 Å². The van der Waals surface area contributed by atoms with Gasteiger partial charge in [-0.2, -0.15) is 5.10 Å². The molecular formula is C17H18ClN3O. The zero-order valence-electron chi connectivity index (χ0n) is 12.1. The highest BCUT2D eigenvalue weighted by Gasteiger charge is 2.06. The molecule has 0 fully saturated rings. The maximum atomic E-state index is 9.49. The number of nitrogens with one attached hydrogen (secondary N) is 1. The summed E-state index contributed by atoms with van der Waals surface area (Å²) in [6, 6.07) is 16.3. The molecular weight excluding hydrogens is 298 g/mol. The lowest BCUT2D eigenvalue weighted by atomic mass is 10.2. The van der Waals surface area contributed by atoms with E-state index in [4.69, 9.17) is 11.6 Å². The molecule has 22 heavy (non-hydrogen) atoms. The zero-order valence-corrected chi connectivity index (χ0v) is 12.9. The Morgan fingerprint density at radius 2 is 2.00 bits per heavy atom. The number of rotatable bonds is 6. The van der Waals surface area contributed by atoms with Crippen LogP contribution in [0.2, 0.25) is 0 Å². The molecule has 1 heterocycles. The smallest absolute Gasteiger partial charge is 0.0847 e. The Kier molecular flexibility index (Phi) is 4.61. The van der Waals surface area contributed by atoms with Crippen molar-refractivity contribution < 1.29 is 5.11 Å². The van der Waals surface area contributed by atoms with E-state index in [1.165, 1.54) is 5.56 Å². The Morgan fingerprint density at radius 3 is 2.77 bits per heavy atom. The Morgan fingerprint density at radius 1 is 1.18 bits per heavy atom. The maximum Gasteiger partial charge on any atom is 0.0847 e. The number of halogens is 1. The number of fused-ring (bicyclic) bond motifs is 1. The number of benzene rings is 2. The first kappa shape index (κ1) is 14.9. The monoisotopic (exact) mass is 315 g/mol. The number of aliphatic hydroxyl groups excluding tert-OH is 1. The van der Waals surface area contributed by atoms with Gasteiger partial charge in [0.05, 0.1) is 30.2 Å². The number of alkyl halides is 1. The number of anilines is 1. The van der Waals surface area contributed by atoms with Crippen molar-refractivity contribution in [2.45, 2.75) is 12.6 Å². The quantitative estimate of drug-likeness (QED) is 0.687. The van der Waals surface area contributed by atoms with Crippen LogP contribution in [0.4, 0.5) is 5.69 Å². The molecule has 1 aromatic heterocycles. The highest BCUT2D eigenvalue weighted by Crippen LogP contribution is 2.20. The lowest BCUT2D eigenvalue weighted by Crippen LogP contribution is -2.20. The summed E-state index contributed by atoms with van der Waals surface area (Å²) in [5, 5.41) is 18.2. The van der Waals surface area contributed by atoms with Crippen molar-refractivity contribution in [2.75, 3.05) is 17.7 Å². The maximum absolute atomic E-state index is 9.49. The number of hydrogen-bond acceptors (Lipinski definition) is 3. The van der Waals surface area contributed by atoms with Crippen LogP contribution in [0.25, 0.3) is 10.9 Å². The fourth-order valence-corrected chi connectivity index (χ4v) is 2.48. The summed E-state index contributed by atoms with van der Waals surface area (Å²) in [6.07, 6.45) is 1.32. The Bertz CT molecular complexity index is 742. The molecule has 4 nitrogen and oxygen atoms in total. The van der Waals surface area contributed by atoms with Gasteiger partial charge < -0.3 is 10.4 Å². The predicted molar refractivity (Wildman–Crippen MR) is 90.5 cm³/mol. The number of hydrogen-bond donors (Lipinski definition) is 2. The molecule has 0 spiro atoms. The topological polar surface area (TPSA) is 50.1 Å². The first-order valence-corrected chi connectivity index (χ1v) is 7.77. The molecule has 0 radical (unpaired) electrons. The molecule has 0 saturated heterocycles.